The summed E-state index contributed by atoms with van der Waals surface area (Å²) in [5.74, 6) is 1.01. The molecule has 1 aromatic heterocycles. The Morgan fingerprint density at radius 3 is 2.82 bits per heavy atom. The smallest absolute Gasteiger partial charge is 0.221 e. The lowest BCUT2D eigenvalue weighted by atomic mass is 10.3. The molecule has 0 radical (unpaired) electrons. The van der Waals surface area contributed by atoms with Crippen molar-refractivity contribution in [3.8, 4) is 0 Å². The molecule has 0 atom stereocenters. The summed E-state index contributed by atoms with van der Waals surface area (Å²) in [5.41, 5.74) is 11.6. The van der Waals surface area contributed by atoms with E-state index in [4.69, 9.17) is 11.5 Å². The van der Waals surface area contributed by atoms with E-state index < -0.39 is 0 Å². The second kappa shape index (κ2) is 4.90. The second-order valence-corrected chi connectivity index (χ2v) is 4.19. The Morgan fingerprint density at radius 2 is 2.18 bits per heavy atom. The molecule has 17 heavy (non-hydrogen) atoms. The molecule has 6 heteroatoms. The number of nitrogens with one attached hydrogen (secondary N) is 2. The minimum absolute atomic E-state index is 0.0726. The highest BCUT2D eigenvalue weighted by Gasteiger charge is 2.22. The highest BCUT2D eigenvalue weighted by Crippen LogP contribution is 2.18. The highest BCUT2D eigenvalue weighted by molar-refractivity contribution is 5.77. The number of hydrogen-bond acceptors (Lipinski definition) is 5. The molecule has 2 rings (SSSR count). The van der Waals surface area contributed by atoms with Crippen LogP contribution in [0.15, 0.2) is 12.1 Å². The quantitative estimate of drug-likeness (QED) is 0.588. The van der Waals surface area contributed by atoms with E-state index >= 15 is 0 Å². The van der Waals surface area contributed by atoms with Gasteiger partial charge in [0.25, 0.3) is 0 Å². The normalized spacial score (nSPS) is 14.4. The molecule has 0 bridgehead atoms. The van der Waals surface area contributed by atoms with Crippen molar-refractivity contribution in [3.05, 3.63) is 12.1 Å². The van der Waals surface area contributed by atoms with Crippen LogP contribution in [0.3, 0.4) is 0 Å². The molecular formula is C11H17N5O. The van der Waals surface area contributed by atoms with Crippen molar-refractivity contribution in [2.75, 3.05) is 23.3 Å². The van der Waals surface area contributed by atoms with E-state index in [1.54, 1.807) is 12.1 Å². The first-order valence-electron chi connectivity index (χ1n) is 5.70. The van der Waals surface area contributed by atoms with E-state index in [1.165, 1.54) is 0 Å². The van der Waals surface area contributed by atoms with Crippen LogP contribution >= 0.6 is 0 Å². The summed E-state index contributed by atoms with van der Waals surface area (Å²) in [6.45, 7) is 0.537. The number of nitrogens with zero attached hydrogens (tertiary/aromatic N) is 1. The van der Waals surface area contributed by atoms with Gasteiger partial charge < -0.3 is 22.1 Å². The number of rotatable bonds is 5. The average molecular weight is 235 g/mol. The Hall–Kier alpha value is -1.98. The van der Waals surface area contributed by atoms with Crippen LogP contribution in [0.4, 0.5) is 17.3 Å². The molecule has 0 saturated heterocycles. The predicted molar refractivity (Wildman–Crippen MR) is 67.3 cm³/mol. The summed E-state index contributed by atoms with van der Waals surface area (Å²) in [6.07, 6.45) is 2.65. The topological polar surface area (TPSA) is 106 Å². The van der Waals surface area contributed by atoms with E-state index in [9.17, 15) is 4.79 Å². The number of nitrogens with two attached hydrogens (primary N) is 2. The Morgan fingerprint density at radius 1 is 1.41 bits per heavy atom. The number of nitrogen functional groups attached to an aromatic ring is 2. The first-order valence-corrected chi connectivity index (χ1v) is 5.70. The van der Waals surface area contributed by atoms with Gasteiger partial charge in [0.2, 0.25) is 5.91 Å². The number of amides is 1. The van der Waals surface area contributed by atoms with Gasteiger partial charge in [-0.05, 0) is 25.0 Å². The van der Waals surface area contributed by atoms with E-state index in [0.717, 1.165) is 12.8 Å². The van der Waals surface area contributed by atoms with Gasteiger partial charge >= 0.3 is 0 Å². The van der Waals surface area contributed by atoms with Gasteiger partial charge in [-0.3, -0.25) is 4.79 Å². The molecule has 1 aromatic rings. The predicted octanol–water partition coefficient (Wildman–Crippen LogP) is 0.327. The second-order valence-electron chi connectivity index (χ2n) is 4.19. The molecule has 6 N–H and O–H groups in total. The van der Waals surface area contributed by atoms with Gasteiger partial charge in [-0.1, -0.05) is 0 Å². The number of anilines is 3. The number of aromatic nitrogens is 1. The molecule has 92 valence electrons. The molecule has 1 aliphatic rings. The lowest BCUT2D eigenvalue weighted by Gasteiger charge is -2.07. The monoisotopic (exact) mass is 235 g/mol. The summed E-state index contributed by atoms with van der Waals surface area (Å²) < 4.78 is 0. The van der Waals surface area contributed by atoms with Crippen molar-refractivity contribution in [2.45, 2.75) is 25.3 Å². The minimum Gasteiger partial charge on any atom is -0.396 e. The molecule has 6 nitrogen and oxygen atoms in total. The third-order valence-corrected chi connectivity index (χ3v) is 2.56. The summed E-state index contributed by atoms with van der Waals surface area (Å²) in [7, 11) is 0. The van der Waals surface area contributed by atoms with Crippen molar-refractivity contribution in [2.24, 2.45) is 0 Å². The zero-order chi connectivity index (χ0) is 12.3. The van der Waals surface area contributed by atoms with Crippen LogP contribution in [-0.2, 0) is 4.79 Å². The summed E-state index contributed by atoms with van der Waals surface area (Å²) in [5, 5.41) is 5.95. The van der Waals surface area contributed by atoms with E-state index in [2.05, 4.69) is 15.6 Å². The fourth-order valence-electron chi connectivity index (χ4n) is 1.42. The molecule has 0 aliphatic heterocycles. The van der Waals surface area contributed by atoms with E-state index in [-0.39, 0.29) is 5.91 Å². The standard InChI is InChI=1S/C11H17N5O/c12-8-3-4-9(16-11(8)13)14-6-5-10(17)15-7-1-2-7/h3-4,7H,1-2,5-6,12H2,(H,15,17)(H3,13,14,16). The molecule has 1 fully saturated rings. The fraction of sp³-hybridized carbons (Fsp3) is 0.455. The average Bonchev–Trinajstić information content (AvgIpc) is 3.07. The Bertz CT molecular complexity index is 416. The zero-order valence-corrected chi connectivity index (χ0v) is 9.57. The van der Waals surface area contributed by atoms with Crippen molar-refractivity contribution >= 4 is 23.2 Å². The van der Waals surface area contributed by atoms with Crippen LogP contribution in [0.5, 0.6) is 0 Å². The van der Waals surface area contributed by atoms with Gasteiger partial charge in [0.1, 0.15) is 11.6 Å². The molecule has 1 amide bonds. The van der Waals surface area contributed by atoms with E-state index in [0.29, 0.717) is 36.3 Å². The fourth-order valence-corrected chi connectivity index (χ4v) is 1.42. The van der Waals surface area contributed by atoms with E-state index in [1.807, 2.05) is 0 Å². The SMILES string of the molecule is Nc1ccc(NCCC(=O)NC2CC2)nc1N. The molecular weight excluding hydrogens is 218 g/mol. The Labute approximate surface area is 99.8 Å². The van der Waals surface area contributed by atoms with Crippen molar-refractivity contribution in [1.29, 1.82) is 0 Å². The maximum Gasteiger partial charge on any atom is 0.221 e. The Balaban J connectivity index is 1.73. The van der Waals surface area contributed by atoms with Gasteiger partial charge in [-0.2, -0.15) is 0 Å². The maximum atomic E-state index is 11.4. The number of pyridine rings is 1. The maximum absolute atomic E-state index is 11.4. The van der Waals surface area contributed by atoms with Crippen LogP contribution in [0.25, 0.3) is 0 Å². The number of carbonyl (C=O) groups is 1. The van der Waals surface area contributed by atoms with Gasteiger partial charge in [-0.15, -0.1) is 0 Å². The largest absolute Gasteiger partial charge is 0.396 e. The molecule has 0 unspecified atom stereocenters. The molecule has 0 aromatic carbocycles. The first-order chi connectivity index (χ1) is 8.15. The first kappa shape index (κ1) is 11.5. The third-order valence-electron chi connectivity index (χ3n) is 2.56. The van der Waals surface area contributed by atoms with Gasteiger partial charge in [-0.25, -0.2) is 4.98 Å². The van der Waals surface area contributed by atoms with Gasteiger partial charge in [0, 0.05) is 19.0 Å². The minimum atomic E-state index is 0.0726. The molecule has 1 heterocycles. The van der Waals surface area contributed by atoms with Crippen LogP contribution < -0.4 is 22.1 Å². The van der Waals surface area contributed by atoms with Crippen LogP contribution in [-0.4, -0.2) is 23.5 Å². The van der Waals surface area contributed by atoms with Crippen molar-refractivity contribution in [1.82, 2.24) is 10.3 Å². The molecule has 1 saturated carbocycles. The highest BCUT2D eigenvalue weighted by atomic mass is 16.1. The summed E-state index contributed by atoms with van der Waals surface area (Å²) >= 11 is 0. The van der Waals surface area contributed by atoms with Crippen molar-refractivity contribution in [3.63, 3.8) is 0 Å². The summed E-state index contributed by atoms with van der Waals surface area (Å²) in [6, 6.07) is 3.84. The number of hydrogen-bond donors (Lipinski definition) is 4. The van der Waals surface area contributed by atoms with Gasteiger partial charge in [0.05, 0.1) is 5.69 Å². The van der Waals surface area contributed by atoms with Gasteiger partial charge in [0.15, 0.2) is 0 Å². The lowest BCUT2D eigenvalue weighted by Crippen LogP contribution is -2.27. The van der Waals surface area contributed by atoms with Crippen molar-refractivity contribution < 1.29 is 4.79 Å². The summed E-state index contributed by atoms with van der Waals surface area (Å²) in [4.78, 5) is 15.4. The number of carbonyl (C=O) groups excluding carboxylic acids is 1. The Kier molecular flexibility index (Phi) is 3.32. The molecule has 1 aliphatic carbocycles. The molecule has 0 spiro atoms. The zero-order valence-electron chi connectivity index (χ0n) is 9.57. The van der Waals surface area contributed by atoms with Crippen LogP contribution in [0, 0.1) is 0 Å². The third kappa shape index (κ3) is 3.51. The van der Waals surface area contributed by atoms with Crippen LogP contribution in [0.2, 0.25) is 0 Å². The lowest BCUT2D eigenvalue weighted by molar-refractivity contribution is -0.120. The van der Waals surface area contributed by atoms with Crippen LogP contribution in [0.1, 0.15) is 19.3 Å².